The first kappa shape index (κ1) is 28.3. The lowest BCUT2D eigenvalue weighted by Gasteiger charge is -2.63. The summed E-state index contributed by atoms with van der Waals surface area (Å²) < 4.78 is 6.76. The van der Waals surface area contributed by atoms with Gasteiger partial charge in [-0.25, -0.2) is 0 Å². The molecule has 0 unspecified atom stereocenters. The highest BCUT2D eigenvalue weighted by Gasteiger charge is 2.85. The fourth-order valence-corrected chi connectivity index (χ4v) is 11.9. The molecular formula is C36H50NO4. The molecule has 1 heterocycles. The molecule has 1 aromatic rings. The van der Waals surface area contributed by atoms with E-state index < -0.39 is 6.10 Å². The maximum Gasteiger partial charge on any atom is 0.219 e. The van der Waals surface area contributed by atoms with E-state index in [-0.39, 0.29) is 39.6 Å². The van der Waals surface area contributed by atoms with Crippen LogP contribution >= 0.6 is 0 Å². The zero-order chi connectivity index (χ0) is 29.2. The second-order valence-corrected chi connectivity index (χ2v) is 15.9. The van der Waals surface area contributed by atoms with Crippen LogP contribution < -0.4 is 0 Å². The van der Waals surface area contributed by atoms with Crippen LogP contribution in [0.5, 0.6) is 0 Å². The summed E-state index contributed by atoms with van der Waals surface area (Å²) in [4.78, 5) is 14.5. The highest BCUT2D eigenvalue weighted by Crippen LogP contribution is 2.90. The fraction of sp³-hybridized carbons (Fsp3) is 0.722. The molecule has 0 bridgehead atoms. The second-order valence-electron chi connectivity index (χ2n) is 15.9. The van der Waals surface area contributed by atoms with Crippen LogP contribution in [0.2, 0.25) is 0 Å². The number of hydrogen-bond donors (Lipinski definition) is 2. The van der Waals surface area contributed by atoms with Crippen LogP contribution in [0.4, 0.5) is 0 Å². The molecule has 1 aliphatic heterocycles. The number of nitrogens with zero attached hydrogens (tertiary/aromatic N) is 1. The van der Waals surface area contributed by atoms with Gasteiger partial charge >= 0.3 is 0 Å². The van der Waals surface area contributed by atoms with Gasteiger partial charge in [0.1, 0.15) is 12.2 Å². The molecule has 5 aliphatic carbocycles. The fourth-order valence-electron chi connectivity index (χ4n) is 11.9. The minimum absolute atomic E-state index is 0.0399. The Hall–Kier alpha value is -1.43. The van der Waals surface area contributed by atoms with E-state index in [0.29, 0.717) is 30.3 Å². The summed E-state index contributed by atoms with van der Waals surface area (Å²) in [5, 5.41) is 23.3. The van der Waals surface area contributed by atoms with E-state index in [2.05, 4.69) is 46.8 Å². The third-order valence-corrected chi connectivity index (χ3v) is 14.1. The maximum absolute atomic E-state index is 12.7. The average Bonchev–Trinajstić information content (AvgIpc) is 3.56. The number of ether oxygens (including phenoxy) is 1. The molecular weight excluding hydrogens is 510 g/mol. The highest BCUT2D eigenvalue weighted by atomic mass is 16.5. The van der Waals surface area contributed by atoms with Gasteiger partial charge in [-0.05, 0) is 96.3 Å². The van der Waals surface area contributed by atoms with E-state index >= 15 is 0 Å². The molecule has 6 fully saturated rings. The lowest BCUT2D eigenvalue weighted by molar-refractivity contribution is -0.131. The summed E-state index contributed by atoms with van der Waals surface area (Å²) in [5.74, 6) is 2.79. The molecule has 5 heteroatoms. The smallest absolute Gasteiger partial charge is 0.219 e. The van der Waals surface area contributed by atoms with Crippen molar-refractivity contribution in [3.8, 4) is 0 Å². The van der Waals surface area contributed by atoms with Crippen LogP contribution in [-0.4, -0.2) is 39.8 Å². The molecule has 0 aromatic heterocycles. The Labute approximate surface area is 247 Å². The Morgan fingerprint density at radius 2 is 1.76 bits per heavy atom. The first-order valence-electron chi connectivity index (χ1n) is 16.2. The molecule has 2 spiro atoms. The molecule has 223 valence electrons. The number of amides is 1. The van der Waals surface area contributed by atoms with Gasteiger partial charge in [0.25, 0.3) is 0 Å². The predicted molar refractivity (Wildman–Crippen MR) is 158 cm³/mol. The normalized spacial score (nSPS) is 47.0. The van der Waals surface area contributed by atoms with Gasteiger partial charge in [-0.2, -0.15) is 0 Å². The largest absolute Gasteiger partial charge is 0.393 e. The number of hydrogen-bond acceptors (Lipinski definition) is 4. The number of carbonyl (C=O) groups excluding carboxylic acids is 1. The second kappa shape index (κ2) is 9.05. The van der Waals surface area contributed by atoms with Crippen LogP contribution in [0.3, 0.4) is 0 Å². The molecule has 41 heavy (non-hydrogen) atoms. The topological polar surface area (TPSA) is 70.0 Å². The summed E-state index contributed by atoms with van der Waals surface area (Å²) >= 11 is 0. The lowest BCUT2D eigenvalue weighted by Crippen LogP contribution is -2.58. The van der Waals surface area contributed by atoms with Crippen LogP contribution in [0.25, 0.3) is 0 Å². The predicted octanol–water partition coefficient (Wildman–Crippen LogP) is 6.49. The van der Waals surface area contributed by atoms with Crippen molar-refractivity contribution in [1.82, 2.24) is 4.90 Å². The third-order valence-electron chi connectivity index (χ3n) is 14.1. The first-order chi connectivity index (χ1) is 19.3. The number of fused-ring (bicyclic) bond motifs is 4. The Kier molecular flexibility index (Phi) is 6.26. The average molecular weight is 561 g/mol. The maximum atomic E-state index is 12.7. The first-order valence-corrected chi connectivity index (χ1v) is 16.2. The number of rotatable bonds is 4. The van der Waals surface area contributed by atoms with E-state index in [0.717, 1.165) is 56.3 Å². The van der Waals surface area contributed by atoms with Crippen molar-refractivity contribution in [2.75, 3.05) is 6.54 Å². The van der Waals surface area contributed by atoms with Crippen molar-refractivity contribution in [2.24, 2.45) is 44.8 Å². The lowest BCUT2D eigenvalue weighted by atomic mass is 9.41. The molecule has 2 N–H and O–H groups in total. The van der Waals surface area contributed by atoms with Gasteiger partial charge in [-0.3, -0.25) is 4.79 Å². The van der Waals surface area contributed by atoms with Gasteiger partial charge in [0.05, 0.1) is 18.8 Å². The number of aliphatic hydroxyl groups is 2. The molecule has 7 rings (SSSR count). The minimum atomic E-state index is -0.626. The molecule has 6 aliphatic rings. The Bertz CT molecular complexity index is 1200. The Balaban J connectivity index is 1.16. The minimum Gasteiger partial charge on any atom is -0.393 e. The van der Waals surface area contributed by atoms with Gasteiger partial charge in [0, 0.05) is 24.8 Å². The van der Waals surface area contributed by atoms with Crippen molar-refractivity contribution >= 4 is 5.91 Å². The van der Waals surface area contributed by atoms with E-state index in [1.165, 1.54) is 12.8 Å². The SMILES string of the molecule is CC(=O)N(C[C]1C[C@@H](C)[C@H]2[C](O1)[C@H](O)[C@@]1(C)[C]3CC[C@H]4C(C)(C)[C@@H](O)CC[C@@]45C[C@@]35CC[C@]21C)Cc1ccccc1. The van der Waals surface area contributed by atoms with E-state index in [1.54, 1.807) is 12.8 Å². The van der Waals surface area contributed by atoms with Crippen molar-refractivity contribution in [3.63, 3.8) is 0 Å². The highest BCUT2D eigenvalue weighted by molar-refractivity contribution is 5.73. The molecule has 5 nitrogen and oxygen atoms in total. The monoisotopic (exact) mass is 560 g/mol. The van der Waals surface area contributed by atoms with Crippen LogP contribution in [0.15, 0.2) is 30.3 Å². The summed E-state index contributed by atoms with van der Waals surface area (Å²) in [6, 6.07) is 10.1. The van der Waals surface area contributed by atoms with E-state index in [4.69, 9.17) is 4.74 Å². The molecule has 3 radical (unpaired) electrons. The molecule has 1 saturated heterocycles. The van der Waals surface area contributed by atoms with Gasteiger partial charge in [0.2, 0.25) is 5.91 Å². The molecule has 9 atom stereocenters. The van der Waals surface area contributed by atoms with Crippen molar-refractivity contribution < 1.29 is 19.7 Å². The van der Waals surface area contributed by atoms with Crippen molar-refractivity contribution in [3.05, 3.63) is 54.0 Å². The van der Waals surface area contributed by atoms with Crippen molar-refractivity contribution in [2.45, 2.75) is 112 Å². The Morgan fingerprint density at radius 1 is 1.02 bits per heavy atom. The summed E-state index contributed by atoms with van der Waals surface area (Å²) in [6.07, 6.45) is 9.56. The number of aliphatic hydroxyl groups excluding tert-OH is 2. The molecule has 5 saturated carbocycles. The van der Waals surface area contributed by atoms with Gasteiger partial charge in [-0.1, -0.05) is 65.0 Å². The van der Waals surface area contributed by atoms with Crippen LogP contribution in [0, 0.1) is 63.0 Å². The summed E-state index contributed by atoms with van der Waals surface area (Å²) in [6.45, 7) is 14.4. The molecule has 1 aromatic carbocycles. The third kappa shape index (κ3) is 3.55. The van der Waals surface area contributed by atoms with Crippen molar-refractivity contribution in [1.29, 1.82) is 0 Å². The standard InChI is InChI=1S/C36H50NO4/c1-22-18-25(20-37(23(2)38)19-24-10-8-7-9-11-24)41-30-29(22)33(5)16-17-36-21-35(36)15-14-28(39)32(3,4)26(35)12-13-27(36)34(33,6)31(30)40/h7-11,22,26,28-29,31,39-40H,12-21H2,1-6H3/t22-,26+,28+,29+,31+,33-,34-,35-,36+/m1/s1. The molecule has 1 amide bonds. The van der Waals surface area contributed by atoms with Crippen LogP contribution in [-0.2, 0) is 16.1 Å². The Morgan fingerprint density at radius 3 is 2.46 bits per heavy atom. The summed E-state index contributed by atoms with van der Waals surface area (Å²) in [7, 11) is 0. The number of benzene rings is 1. The zero-order valence-electron chi connectivity index (χ0n) is 26.0. The summed E-state index contributed by atoms with van der Waals surface area (Å²) in [5.41, 5.74) is 1.23. The van der Waals surface area contributed by atoms with Gasteiger partial charge in [-0.15, -0.1) is 0 Å². The zero-order valence-corrected chi connectivity index (χ0v) is 26.0. The van der Waals surface area contributed by atoms with E-state index in [1.807, 2.05) is 23.1 Å². The van der Waals surface area contributed by atoms with Gasteiger partial charge < -0.3 is 19.8 Å². The van der Waals surface area contributed by atoms with Gasteiger partial charge in [0.15, 0.2) is 0 Å². The van der Waals surface area contributed by atoms with Crippen LogP contribution in [0.1, 0.15) is 98.5 Å². The van der Waals surface area contributed by atoms with E-state index in [9.17, 15) is 15.0 Å². The number of carbonyl (C=O) groups is 1. The quantitative estimate of drug-likeness (QED) is 0.441.